The van der Waals surface area contributed by atoms with Gasteiger partial charge in [0.25, 0.3) is 0 Å². The quantitative estimate of drug-likeness (QED) is 0.458. The minimum atomic E-state index is -1.34. The van der Waals surface area contributed by atoms with Gasteiger partial charge in [-0.25, -0.2) is 0 Å². The van der Waals surface area contributed by atoms with Crippen LogP contribution in [0.1, 0.15) is 29.6 Å². The smallest absolute Gasteiger partial charge is 0.304 e. The molecule has 8 nitrogen and oxygen atoms in total. The normalized spacial score (nSPS) is 22.0. The average molecular weight is 348 g/mol. The van der Waals surface area contributed by atoms with Gasteiger partial charge in [-0.2, -0.15) is 0 Å². The molecular weight excluding hydrogens is 332 g/mol. The first-order chi connectivity index (χ1) is 11.8. The summed E-state index contributed by atoms with van der Waals surface area (Å²) in [5.41, 5.74) is 0.388. The SMILES string of the molecule is O=C(O)CC1c2c(O)cc(O)cc2O[C@H](c2ccc(O)c(O)c2)[C@@H]1O. The van der Waals surface area contributed by atoms with Gasteiger partial charge in [-0.3, -0.25) is 4.79 Å². The van der Waals surface area contributed by atoms with Crippen LogP contribution in [0.5, 0.6) is 28.7 Å². The molecular formula is C17H16O8. The molecule has 0 saturated carbocycles. The molecule has 25 heavy (non-hydrogen) atoms. The van der Waals surface area contributed by atoms with Gasteiger partial charge in [0.15, 0.2) is 17.6 Å². The molecule has 1 unspecified atom stereocenters. The number of fused-ring (bicyclic) bond motifs is 1. The topological polar surface area (TPSA) is 148 Å². The standard InChI is InChI=1S/C17H16O8/c18-8-4-12(21)15-9(6-14(22)23)16(24)17(25-13(15)5-8)7-1-2-10(19)11(20)3-7/h1-5,9,16-21,24H,6H2,(H,22,23)/t9?,16-,17-/m1/s1. The molecule has 1 heterocycles. The molecule has 0 radical (unpaired) electrons. The second-order valence-electron chi connectivity index (χ2n) is 5.86. The van der Waals surface area contributed by atoms with E-state index in [0.29, 0.717) is 5.56 Å². The van der Waals surface area contributed by atoms with Crippen LogP contribution in [0, 0.1) is 0 Å². The fourth-order valence-corrected chi connectivity index (χ4v) is 3.05. The zero-order chi connectivity index (χ0) is 18.3. The highest BCUT2D eigenvalue weighted by atomic mass is 16.5. The van der Waals surface area contributed by atoms with E-state index in [1.165, 1.54) is 24.3 Å². The second kappa shape index (κ2) is 6.06. The highest BCUT2D eigenvalue weighted by molar-refractivity contribution is 5.69. The van der Waals surface area contributed by atoms with Crippen molar-refractivity contribution >= 4 is 5.97 Å². The van der Waals surface area contributed by atoms with Crippen molar-refractivity contribution in [3.05, 3.63) is 41.5 Å². The summed E-state index contributed by atoms with van der Waals surface area (Å²) in [5.74, 6) is -3.59. The number of aliphatic hydroxyl groups is 1. The Kier molecular flexibility index (Phi) is 4.05. The Hall–Kier alpha value is -3.13. The fourth-order valence-electron chi connectivity index (χ4n) is 3.05. The summed E-state index contributed by atoms with van der Waals surface area (Å²) in [7, 11) is 0. The Morgan fingerprint density at radius 2 is 1.72 bits per heavy atom. The van der Waals surface area contributed by atoms with Crippen molar-refractivity contribution in [1.82, 2.24) is 0 Å². The minimum absolute atomic E-state index is 0.0339. The van der Waals surface area contributed by atoms with Crippen LogP contribution >= 0.6 is 0 Å². The third kappa shape index (κ3) is 2.99. The lowest BCUT2D eigenvalue weighted by molar-refractivity contribution is -0.139. The first kappa shape index (κ1) is 16.7. The predicted octanol–water partition coefficient (Wildman–Crippen LogP) is 1.56. The number of aliphatic carboxylic acids is 1. The largest absolute Gasteiger partial charge is 0.508 e. The summed E-state index contributed by atoms with van der Waals surface area (Å²) in [5, 5.41) is 58.5. The number of hydrogen-bond donors (Lipinski definition) is 6. The predicted molar refractivity (Wildman–Crippen MR) is 83.9 cm³/mol. The number of rotatable bonds is 3. The van der Waals surface area contributed by atoms with Gasteiger partial charge in [0.05, 0.1) is 6.42 Å². The van der Waals surface area contributed by atoms with Gasteiger partial charge in [0.2, 0.25) is 0 Å². The number of benzene rings is 2. The van der Waals surface area contributed by atoms with Crippen molar-refractivity contribution in [3.63, 3.8) is 0 Å². The van der Waals surface area contributed by atoms with Gasteiger partial charge < -0.3 is 35.4 Å². The van der Waals surface area contributed by atoms with Gasteiger partial charge in [-0.05, 0) is 17.7 Å². The summed E-state index contributed by atoms with van der Waals surface area (Å²) >= 11 is 0. The fraction of sp³-hybridized carbons (Fsp3) is 0.235. The van der Waals surface area contributed by atoms with E-state index in [-0.39, 0.29) is 28.6 Å². The highest BCUT2D eigenvalue weighted by Gasteiger charge is 2.41. The van der Waals surface area contributed by atoms with E-state index in [1.807, 2.05) is 0 Å². The van der Waals surface area contributed by atoms with Crippen LogP contribution in [0.2, 0.25) is 0 Å². The lowest BCUT2D eigenvalue weighted by Crippen LogP contribution is -2.35. The Morgan fingerprint density at radius 1 is 1.00 bits per heavy atom. The van der Waals surface area contributed by atoms with Crippen LogP contribution in [-0.2, 0) is 4.79 Å². The van der Waals surface area contributed by atoms with Gasteiger partial charge in [-0.1, -0.05) is 6.07 Å². The number of ether oxygens (including phenoxy) is 1. The number of hydrogen-bond acceptors (Lipinski definition) is 7. The molecule has 0 saturated heterocycles. The van der Waals surface area contributed by atoms with Gasteiger partial charge >= 0.3 is 5.97 Å². The van der Waals surface area contributed by atoms with Crippen molar-refractivity contribution in [2.24, 2.45) is 0 Å². The Labute approximate surface area is 141 Å². The van der Waals surface area contributed by atoms with Crippen LogP contribution in [-0.4, -0.2) is 42.7 Å². The highest BCUT2D eigenvalue weighted by Crippen LogP contribution is 2.49. The molecule has 2 aromatic rings. The minimum Gasteiger partial charge on any atom is -0.508 e. The zero-order valence-corrected chi connectivity index (χ0v) is 12.8. The number of aromatic hydroxyl groups is 4. The monoisotopic (exact) mass is 348 g/mol. The van der Waals surface area contributed by atoms with E-state index in [0.717, 1.165) is 6.07 Å². The lowest BCUT2D eigenvalue weighted by Gasteiger charge is -2.37. The van der Waals surface area contributed by atoms with Crippen molar-refractivity contribution in [3.8, 4) is 28.7 Å². The van der Waals surface area contributed by atoms with Crippen molar-refractivity contribution in [2.45, 2.75) is 24.5 Å². The summed E-state index contributed by atoms with van der Waals surface area (Å²) in [6.07, 6.45) is -2.89. The van der Waals surface area contributed by atoms with E-state index in [4.69, 9.17) is 9.84 Å². The Balaban J connectivity index is 2.10. The van der Waals surface area contributed by atoms with E-state index in [1.54, 1.807) is 0 Å². The molecule has 132 valence electrons. The molecule has 0 spiro atoms. The summed E-state index contributed by atoms with van der Waals surface area (Å²) < 4.78 is 5.64. The van der Waals surface area contributed by atoms with E-state index >= 15 is 0 Å². The molecule has 1 aliphatic rings. The second-order valence-corrected chi connectivity index (χ2v) is 5.86. The maximum absolute atomic E-state index is 11.2. The zero-order valence-electron chi connectivity index (χ0n) is 12.8. The average Bonchev–Trinajstić information content (AvgIpc) is 2.52. The molecule has 1 aliphatic heterocycles. The summed E-state index contributed by atoms with van der Waals surface area (Å²) in [4.78, 5) is 11.2. The molecule has 6 N–H and O–H groups in total. The molecule has 0 amide bonds. The van der Waals surface area contributed by atoms with Gasteiger partial charge in [0, 0.05) is 23.6 Å². The molecule has 0 fully saturated rings. The third-order valence-electron chi connectivity index (χ3n) is 4.17. The summed E-state index contributed by atoms with van der Waals surface area (Å²) in [6, 6.07) is 6.06. The van der Waals surface area contributed by atoms with Crippen LogP contribution in [0.25, 0.3) is 0 Å². The molecule has 3 rings (SSSR count). The van der Waals surface area contributed by atoms with Crippen molar-refractivity contribution in [2.75, 3.05) is 0 Å². The van der Waals surface area contributed by atoms with Crippen molar-refractivity contribution < 1.29 is 40.2 Å². The van der Waals surface area contributed by atoms with E-state index in [2.05, 4.69) is 0 Å². The number of phenols is 4. The first-order valence-corrected chi connectivity index (χ1v) is 7.42. The third-order valence-corrected chi connectivity index (χ3v) is 4.17. The van der Waals surface area contributed by atoms with Crippen LogP contribution in [0.4, 0.5) is 0 Å². The van der Waals surface area contributed by atoms with Gasteiger partial charge in [0.1, 0.15) is 23.4 Å². The molecule has 2 aromatic carbocycles. The maximum atomic E-state index is 11.2. The number of carboxylic acids is 1. The lowest BCUT2D eigenvalue weighted by atomic mass is 9.82. The number of phenolic OH excluding ortho intramolecular Hbond substituents is 4. The number of aliphatic hydroxyl groups excluding tert-OH is 1. The molecule has 3 atom stereocenters. The van der Waals surface area contributed by atoms with Crippen LogP contribution in [0.3, 0.4) is 0 Å². The van der Waals surface area contributed by atoms with Gasteiger partial charge in [-0.15, -0.1) is 0 Å². The Bertz CT molecular complexity index is 832. The summed E-state index contributed by atoms with van der Waals surface area (Å²) in [6.45, 7) is 0. The number of carbonyl (C=O) groups is 1. The van der Waals surface area contributed by atoms with E-state index in [9.17, 15) is 30.3 Å². The van der Waals surface area contributed by atoms with Crippen LogP contribution < -0.4 is 4.74 Å². The van der Waals surface area contributed by atoms with Crippen LogP contribution in [0.15, 0.2) is 30.3 Å². The molecule has 0 aromatic heterocycles. The maximum Gasteiger partial charge on any atom is 0.304 e. The molecule has 8 heteroatoms. The van der Waals surface area contributed by atoms with Crippen molar-refractivity contribution in [1.29, 1.82) is 0 Å². The first-order valence-electron chi connectivity index (χ1n) is 7.42. The molecule has 0 aliphatic carbocycles. The molecule has 0 bridgehead atoms. The number of carboxylic acid groups (broad SMARTS) is 1. The van der Waals surface area contributed by atoms with E-state index < -0.39 is 36.3 Å². The Morgan fingerprint density at radius 3 is 2.36 bits per heavy atom.